The minimum absolute atomic E-state index is 0. The van der Waals surface area contributed by atoms with Crippen molar-refractivity contribution in [3.05, 3.63) is 53.1 Å². The average Bonchev–Trinajstić information content (AvgIpc) is 2.99. The van der Waals surface area contributed by atoms with Crippen molar-refractivity contribution in [1.29, 1.82) is 0 Å². The molecule has 7 nitrogen and oxygen atoms in total. The van der Waals surface area contributed by atoms with Crippen LogP contribution in [0.1, 0.15) is 17.1 Å². The Morgan fingerprint density at radius 2 is 1.89 bits per heavy atom. The Kier molecular flexibility index (Phi) is 7.31. The molecule has 0 fully saturated rings. The van der Waals surface area contributed by atoms with E-state index in [0.717, 1.165) is 6.07 Å². The Balaban J connectivity index is 0.00000261. The summed E-state index contributed by atoms with van der Waals surface area (Å²) in [7, 11) is 0. The number of halogens is 3. The number of aromatic nitrogens is 5. The monoisotopic (exact) mass is 589 g/mol. The molecule has 2 heterocycles. The van der Waals surface area contributed by atoms with E-state index in [1.165, 1.54) is 18.2 Å². The molecule has 27 heavy (non-hydrogen) atoms. The van der Waals surface area contributed by atoms with Gasteiger partial charge in [-0.15, -0.1) is 11.6 Å². The van der Waals surface area contributed by atoms with Crippen LogP contribution in [0.4, 0.5) is 24.9 Å². The van der Waals surface area contributed by atoms with Gasteiger partial charge in [-0.05, 0) is 19.4 Å². The molecule has 1 aromatic carbocycles. The Hall–Kier alpha value is -1.57. The molecule has 0 aliphatic heterocycles. The number of benzene rings is 1. The second kappa shape index (κ2) is 9.08. The molecule has 0 aliphatic carbocycles. The molecule has 0 spiro atoms. The Morgan fingerprint density at radius 3 is 2.52 bits per heavy atom. The van der Waals surface area contributed by atoms with E-state index in [0.29, 0.717) is 11.5 Å². The predicted molar refractivity (Wildman–Crippen MR) is 89.8 cm³/mol. The normalized spacial score (nSPS) is 11.1. The van der Waals surface area contributed by atoms with Gasteiger partial charge < -0.3 is 11.1 Å². The summed E-state index contributed by atoms with van der Waals surface area (Å²) in [6, 6.07) is 6.69. The minimum atomic E-state index is -4.53. The molecule has 139 valence electrons. The smallest absolute Gasteiger partial charge is 0.417 e. The van der Waals surface area contributed by atoms with Gasteiger partial charge >= 0.3 is 6.18 Å². The fourth-order valence-corrected chi connectivity index (χ4v) is 2.38. The summed E-state index contributed by atoms with van der Waals surface area (Å²) in [6.07, 6.45) is -4.24. The first-order valence-electron chi connectivity index (χ1n) is 7.72. The zero-order valence-corrected chi connectivity index (χ0v) is 19.0. The van der Waals surface area contributed by atoms with E-state index in [1.54, 1.807) is 13.0 Å². The second-order valence-electron chi connectivity index (χ2n) is 5.48. The SMILES string of the molecule is Cc1nc(Nc2cc(CC[NH-])nc(-c3ccccc3C(F)(F)F)n2)n[nH]1.[Ac]. The number of H-pyrrole nitrogens is 1. The van der Waals surface area contributed by atoms with Gasteiger partial charge in [-0.25, -0.2) is 9.97 Å². The fraction of sp³-hybridized carbons (Fsp3) is 0.250. The van der Waals surface area contributed by atoms with Crippen LogP contribution >= 0.6 is 0 Å². The van der Waals surface area contributed by atoms with Crippen LogP contribution in [0.25, 0.3) is 17.1 Å². The third kappa shape index (κ3) is 5.46. The van der Waals surface area contributed by atoms with Gasteiger partial charge in [0, 0.05) is 61.4 Å². The molecule has 0 saturated heterocycles. The number of aromatic amines is 1. The van der Waals surface area contributed by atoms with Crippen molar-refractivity contribution in [2.24, 2.45) is 0 Å². The molecule has 0 atom stereocenters. The van der Waals surface area contributed by atoms with Crippen molar-refractivity contribution in [3.63, 3.8) is 0 Å². The predicted octanol–water partition coefficient (Wildman–Crippen LogP) is 3.93. The summed E-state index contributed by atoms with van der Waals surface area (Å²) >= 11 is 0. The Morgan fingerprint density at radius 1 is 1.15 bits per heavy atom. The molecule has 3 aromatic rings. The largest absolute Gasteiger partial charge is 0.677 e. The number of anilines is 2. The first kappa shape index (κ1) is 21.7. The number of rotatable bonds is 5. The third-order valence-electron chi connectivity index (χ3n) is 3.47. The van der Waals surface area contributed by atoms with E-state index < -0.39 is 11.7 Å². The molecule has 0 aliphatic rings. The Labute approximate surface area is 189 Å². The zero-order chi connectivity index (χ0) is 18.7. The number of nitrogens with zero attached hydrogens (tertiary/aromatic N) is 4. The molecule has 11 heteroatoms. The molecule has 0 saturated carbocycles. The average molecular weight is 589 g/mol. The summed E-state index contributed by atoms with van der Waals surface area (Å²) in [5.74, 6) is 1.01. The summed E-state index contributed by atoms with van der Waals surface area (Å²) < 4.78 is 39.9. The number of hydrogen-bond acceptors (Lipinski definition) is 5. The van der Waals surface area contributed by atoms with Crippen molar-refractivity contribution in [3.8, 4) is 11.4 Å². The van der Waals surface area contributed by atoms with Crippen LogP contribution in [0.2, 0.25) is 0 Å². The van der Waals surface area contributed by atoms with Gasteiger partial charge in [0.1, 0.15) is 11.6 Å². The van der Waals surface area contributed by atoms with Crippen LogP contribution in [0.3, 0.4) is 0 Å². The van der Waals surface area contributed by atoms with E-state index in [-0.39, 0.29) is 80.2 Å². The van der Waals surface area contributed by atoms with Crippen LogP contribution < -0.4 is 5.32 Å². The fourth-order valence-electron chi connectivity index (χ4n) is 2.38. The number of alkyl halides is 3. The quantitative estimate of drug-likeness (QED) is 0.470. The molecule has 0 amide bonds. The zero-order valence-electron chi connectivity index (χ0n) is 14.3. The van der Waals surface area contributed by atoms with Crippen LogP contribution in [0.5, 0.6) is 0 Å². The summed E-state index contributed by atoms with van der Waals surface area (Å²) in [6.45, 7) is 1.77. The van der Waals surface area contributed by atoms with E-state index in [4.69, 9.17) is 5.73 Å². The maximum absolute atomic E-state index is 13.3. The van der Waals surface area contributed by atoms with Crippen molar-refractivity contribution in [2.45, 2.75) is 19.5 Å². The molecule has 1 radical (unpaired) electrons. The molecule has 3 N–H and O–H groups in total. The van der Waals surface area contributed by atoms with E-state index in [9.17, 15) is 13.2 Å². The number of aryl methyl sites for hydroxylation is 1. The molecule has 2 aromatic heterocycles. The van der Waals surface area contributed by atoms with Crippen LogP contribution in [-0.2, 0) is 12.6 Å². The van der Waals surface area contributed by atoms with Crippen molar-refractivity contribution in [2.75, 3.05) is 11.9 Å². The topological polar surface area (TPSA) is 103 Å². The van der Waals surface area contributed by atoms with E-state index in [1.807, 2.05) is 0 Å². The number of hydrogen-bond donors (Lipinski definition) is 2. The summed E-state index contributed by atoms with van der Waals surface area (Å²) in [4.78, 5) is 12.5. The molecular formula is C16H15AcF3N7-. The van der Waals surface area contributed by atoms with Crippen molar-refractivity contribution in [1.82, 2.24) is 25.1 Å². The van der Waals surface area contributed by atoms with Crippen LogP contribution in [0.15, 0.2) is 30.3 Å². The van der Waals surface area contributed by atoms with Crippen LogP contribution in [0, 0.1) is 51.0 Å². The first-order valence-corrected chi connectivity index (χ1v) is 7.72. The molecule has 0 unspecified atom stereocenters. The molecule has 3 rings (SSSR count). The third-order valence-corrected chi connectivity index (χ3v) is 3.47. The maximum Gasteiger partial charge on any atom is 0.417 e. The maximum atomic E-state index is 13.3. The van der Waals surface area contributed by atoms with Gasteiger partial charge in [-0.1, -0.05) is 18.2 Å². The number of nitrogens with one attached hydrogen (secondary N) is 3. The summed E-state index contributed by atoms with van der Waals surface area (Å²) in [5.41, 5.74) is 6.88. The van der Waals surface area contributed by atoms with Crippen LogP contribution in [-0.4, -0.2) is 31.7 Å². The van der Waals surface area contributed by atoms with Crippen molar-refractivity contribution < 1.29 is 57.2 Å². The van der Waals surface area contributed by atoms with Gasteiger partial charge in [0.05, 0.1) is 5.56 Å². The molecule has 0 bridgehead atoms. The van der Waals surface area contributed by atoms with E-state index in [2.05, 4.69) is 30.5 Å². The van der Waals surface area contributed by atoms with Gasteiger partial charge in [0.2, 0.25) is 5.95 Å². The van der Waals surface area contributed by atoms with Crippen molar-refractivity contribution >= 4 is 11.8 Å². The first-order chi connectivity index (χ1) is 12.4. The summed E-state index contributed by atoms with van der Waals surface area (Å²) in [5, 5.41) is 9.42. The molecular weight excluding hydrogens is 574 g/mol. The Bertz CT molecular complexity index is 911. The standard InChI is InChI=1S/C16H15F3N7.Ac/c1-9-21-15(26-25-9)24-13-8-10(6-7-20)22-14(23-13)11-4-2-3-5-12(11)16(17,18)19;/h2-5,8,20H,6-7H2,1H3,(H2,21,22,23,24,25,26);/q-1;. The van der Waals surface area contributed by atoms with Gasteiger partial charge in [0.15, 0.2) is 5.82 Å². The van der Waals surface area contributed by atoms with E-state index >= 15 is 0 Å². The van der Waals surface area contributed by atoms with Gasteiger partial charge in [-0.3, -0.25) is 5.10 Å². The van der Waals surface area contributed by atoms with Gasteiger partial charge in [0.25, 0.3) is 0 Å². The minimum Gasteiger partial charge on any atom is -0.677 e. The van der Waals surface area contributed by atoms with Gasteiger partial charge in [-0.2, -0.15) is 18.2 Å². The second-order valence-corrected chi connectivity index (χ2v) is 5.48.